The lowest BCUT2D eigenvalue weighted by Gasteiger charge is -2.31. The highest BCUT2D eigenvalue weighted by Gasteiger charge is 2.25. The first-order valence-electron chi connectivity index (χ1n) is 10.1. The number of likely N-dealkylation sites (tertiary alicyclic amines) is 1. The number of carbonyl (C=O) groups excluding carboxylic acids is 1. The molecule has 0 spiro atoms. The van der Waals surface area contributed by atoms with Gasteiger partial charge >= 0.3 is 0 Å². The molecule has 1 amide bonds. The van der Waals surface area contributed by atoms with Gasteiger partial charge in [0.2, 0.25) is 15.9 Å². The SMILES string of the molecule is C[C@@H]1CCCN(C(=O)CNc2ccc(S(=O)(=O)N3CCCCCC3)cc2)C1. The van der Waals surface area contributed by atoms with E-state index in [0.717, 1.165) is 50.9 Å². The van der Waals surface area contributed by atoms with Crippen LogP contribution in [0.2, 0.25) is 0 Å². The van der Waals surface area contributed by atoms with Gasteiger partial charge in [-0.1, -0.05) is 19.8 Å². The second kappa shape index (κ2) is 9.06. The van der Waals surface area contributed by atoms with E-state index in [1.165, 1.54) is 6.42 Å². The van der Waals surface area contributed by atoms with Crippen LogP contribution < -0.4 is 5.32 Å². The van der Waals surface area contributed by atoms with E-state index < -0.39 is 10.0 Å². The van der Waals surface area contributed by atoms with E-state index in [1.807, 2.05) is 4.90 Å². The number of piperidine rings is 1. The lowest BCUT2D eigenvalue weighted by Crippen LogP contribution is -2.41. The van der Waals surface area contributed by atoms with Crippen LogP contribution in [0.15, 0.2) is 29.2 Å². The second-order valence-corrected chi connectivity index (χ2v) is 9.72. The molecule has 2 aliphatic rings. The maximum Gasteiger partial charge on any atom is 0.243 e. The highest BCUT2D eigenvalue weighted by atomic mass is 32.2. The highest BCUT2D eigenvalue weighted by Crippen LogP contribution is 2.22. The zero-order chi connectivity index (χ0) is 19.3. The van der Waals surface area contributed by atoms with E-state index in [-0.39, 0.29) is 12.5 Å². The predicted octanol–water partition coefficient (Wildman–Crippen LogP) is 2.92. The first-order chi connectivity index (χ1) is 13.0. The first-order valence-corrected chi connectivity index (χ1v) is 11.5. The topological polar surface area (TPSA) is 69.7 Å². The summed E-state index contributed by atoms with van der Waals surface area (Å²) in [6.07, 6.45) is 6.30. The van der Waals surface area contributed by atoms with E-state index in [4.69, 9.17) is 0 Å². The maximum absolute atomic E-state index is 12.8. The van der Waals surface area contributed by atoms with Gasteiger partial charge in [0.1, 0.15) is 0 Å². The van der Waals surface area contributed by atoms with Crippen LogP contribution in [0, 0.1) is 5.92 Å². The number of benzene rings is 1. The first kappa shape index (κ1) is 20.1. The molecule has 0 unspecified atom stereocenters. The summed E-state index contributed by atoms with van der Waals surface area (Å²) < 4.78 is 27.2. The molecule has 2 fully saturated rings. The summed E-state index contributed by atoms with van der Waals surface area (Å²) >= 11 is 0. The third kappa shape index (κ3) is 5.23. The summed E-state index contributed by atoms with van der Waals surface area (Å²) in [5.41, 5.74) is 0.767. The Bertz CT molecular complexity index is 725. The largest absolute Gasteiger partial charge is 0.376 e. The van der Waals surface area contributed by atoms with Crippen LogP contribution in [-0.2, 0) is 14.8 Å². The molecule has 2 saturated heterocycles. The van der Waals surface area contributed by atoms with Crippen molar-refractivity contribution in [2.24, 2.45) is 5.92 Å². The molecule has 0 bridgehead atoms. The van der Waals surface area contributed by atoms with E-state index >= 15 is 0 Å². The number of nitrogens with one attached hydrogen (secondary N) is 1. The fourth-order valence-electron chi connectivity index (χ4n) is 3.88. The average Bonchev–Trinajstić information content (AvgIpc) is 2.96. The molecular weight excluding hydrogens is 362 g/mol. The third-order valence-electron chi connectivity index (χ3n) is 5.51. The van der Waals surface area contributed by atoms with Gasteiger partial charge in [-0.05, 0) is 55.9 Å². The van der Waals surface area contributed by atoms with Crippen molar-refractivity contribution in [2.75, 3.05) is 38.0 Å². The summed E-state index contributed by atoms with van der Waals surface area (Å²) in [6, 6.07) is 6.76. The molecule has 1 N–H and O–H groups in total. The van der Waals surface area contributed by atoms with Gasteiger partial charge in [-0.15, -0.1) is 0 Å². The summed E-state index contributed by atoms with van der Waals surface area (Å²) in [4.78, 5) is 14.6. The van der Waals surface area contributed by atoms with Crippen LogP contribution in [0.1, 0.15) is 45.4 Å². The van der Waals surface area contributed by atoms with Gasteiger partial charge in [-0.2, -0.15) is 4.31 Å². The van der Waals surface area contributed by atoms with Crippen molar-refractivity contribution in [3.63, 3.8) is 0 Å². The summed E-state index contributed by atoms with van der Waals surface area (Å²) in [7, 11) is -3.43. The van der Waals surface area contributed by atoms with Crippen molar-refractivity contribution in [1.82, 2.24) is 9.21 Å². The van der Waals surface area contributed by atoms with Crippen LogP contribution in [0.4, 0.5) is 5.69 Å². The molecule has 0 aromatic heterocycles. The average molecular weight is 394 g/mol. The maximum atomic E-state index is 12.8. The number of sulfonamides is 1. The Kier molecular flexibility index (Phi) is 6.76. The van der Waals surface area contributed by atoms with E-state index in [0.29, 0.717) is 23.9 Å². The minimum absolute atomic E-state index is 0.0998. The molecule has 0 saturated carbocycles. The molecule has 2 heterocycles. The quantitative estimate of drug-likeness (QED) is 0.835. The van der Waals surface area contributed by atoms with Gasteiger partial charge < -0.3 is 10.2 Å². The molecule has 3 rings (SSSR count). The number of amides is 1. The van der Waals surface area contributed by atoms with Crippen molar-refractivity contribution >= 4 is 21.6 Å². The molecule has 27 heavy (non-hydrogen) atoms. The smallest absolute Gasteiger partial charge is 0.243 e. The Morgan fingerprint density at radius 1 is 1.04 bits per heavy atom. The van der Waals surface area contributed by atoms with Gasteiger partial charge in [0, 0.05) is 31.9 Å². The Labute approximate surface area is 163 Å². The fraction of sp³-hybridized carbons (Fsp3) is 0.650. The fourth-order valence-corrected chi connectivity index (χ4v) is 5.40. The minimum Gasteiger partial charge on any atom is -0.376 e. The Balaban J connectivity index is 1.57. The van der Waals surface area contributed by atoms with Gasteiger partial charge in [-0.3, -0.25) is 4.79 Å². The molecule has 6 nitrogen and oxygen atoms in total. The van der Waals surface area contributed by atoms with Crippen molar-refractivity contribution in [3.05, 3.63) is 24.3 Å². The minimum atomic E-state index is -3.43. The van der Waals surface area contributed by atoms with Crippen LogP contribution >= 0.6 is 0 Å². The van der Waals surface area contributed by atoms with Gasteiger partial charge in [0.25, 0.3) is 0 Å². The van der Waals surface area contributed by atoms with Crippen LogP contribution in [-0.4, -0.2) is 56.3 Å². The van der Waals surface area contributed by atoms with Gasteiger partial charge in [0.15, 0.2) is 0 Å². The van der Waals surface area contributed by atoms with Crippen molar-refractivity contribution in [2.45, 2.75) is 50.3 Å². The molecule has 0 radical (unpaired) electrons. The number of rotatable bonds is 5. The number of hydrogen-bond acceptors (Lipinski definition) is 4. The highest BCUT2D eigenvalue weighted by molar-refractivity contribution is 7.89. The van der Waals surface area contributed by atoms with Crippen LogP contribution in [0.25, 0.3) is 0 Å². The standard InChI is InChI=1S/C20H31N3O3S/c1-17-7-6-12-22(16-17)20(24)15-21-18-8-10-19(11-9-18)27(25,26)23-13-4-2-3-5-14-23/h8-11,17,21H,2-7,12-16H2,1H3/t17-/m1/s1. The van der Waals surface area contributed by atoms with Crippen molar-refractivity contribution in [1.29, 1.82) is 0 Å². The number of anilines is 1. The summed E-state index contributed by atoms with van der Waals surface area (Å²) in [5, 5.41) is 3.13. The monoisotopic (exact) mass is 393 g/mol. The lowest BCUT2D eigenvalue weighted by atomic mass is 10.0. The normalized spacial score (nSPS) is 22.3. The van der Waals surface area contributed by atoms with Gasteiger partial charge in [-0.25, -0.2) is 8.42 Å². The molecule has 2 aliphatic heterocycles. The Morgan fingerprint density at radius 3 is 2.33 bits per heavy atom. The summed E-state index contributed by atoms with van der Waals surface area (Å²) in [5.74, 6) is 0.661. The third-order valence-corrected chi connectivity index (χ3v) is 7.42. The second-order valence-electron chi connectivity index (χ2n) is 7.78. The zero-order valence-corrected chi connectivity index (χ0v) is 17.0. The van der Waals surface area contributed by atoms with Crippen LogP contribution in [0.5, 0.6) is 0 Å². The molecule has 1 atom stereocenters. The van der Waals surface area contributed by atoms with E-state index in [9.17, 15) is 13.2 Å². The zero-order valence-electron chi connectivity index (χ0n) is 16.2. The molecule has 1 aromatic carbocycles. The molecule has 0 aliphatic carbocycles. The number of carbonyl (C=O) groups is 1. The van der Waals surface area contributed by atoms with Crippen molar-refractivity contribution in [3.8, 4) is 0 Å². The molecule has 7 heteroatoms. The molecule has 1 aromatic rings. The molecule has 150 valence electrons. The predicted molar refractivity (Wildman–Crippen MR) is 107 cm³/mol. The lowest BCUT2D eigenvalue weighted by molar-refractivity contribution is -0.130. The Hall–Kier alpha value is -1.60. The Morgan fingerprint density at radius 2 is 1.70 bits per heavy atom. The molecular formula is C20H31N3O3S. The summed E-state index contributed by atoms with van der Waals surface area (Å²) in [6.45, 7) is 5.28. The van der Waals surface area contributed by atoms with E-state index in [2.05, 4.69) is 12.2 Å². The van der Waals surface area contributed by atoms with E-state index in [1.54, 1.807) is 28.6 Å². The van der Waals surface area contributed by atoms with Gasteiger partial charge in [0.05, 0.1) is 11.4 Å². The number of hydrogen-bond donors (Lipinski definition) is 1. The van der Waals surface area contributed by atoms with Crippen LogP contribution in [0.3, 0.4) is 0 Å². The van der Waals surface area contributed by atoms with Crippen molar-refractivity contribution < 1.29 is 13.2 Å². The number of nitrogens with zero attached hydrogens (tertiary/aromatic N) is 2.